The number of hydrogen-bond acceptors (Lipinski definition) is 5. The highest BCUT2D eigenvalue weighted by molar-refractivity contribution is 7.99. The molecule has 1 aromatic carbocycles. The average molecular weight is 425 g/mol. The molecule has 4 rings (SSSR count). The number of carbonyl (C=O) groups is 1. The van der Waals surface area contributed by atoms with Gasteiger partial charge in [0.15, 0.2) is 10.9 Å². The van der Waals surface area contributed by atoms with Crippen LogP contribution in [0.15, 0.2) is 58.3 Å². The molecule has 7 heteroatoms. The quantitative estimate of drug-likeness (QED) is 0.464. The third-order valence-electron chi connectivity index (χ3n) is 5.49. The van der Waals surface area contributed by atoms with Gasteiger partial charge in [0.1, 0.15) is 0 Å². The SMILES string of the molecule is CC(C)N(C(=O)CSc1nnc(-c2ccco2)n1C1CCCCC1)c1ccccc1. The van der Waals surface area contributed by atoms with Gasteiger partial charge in [-0.3, -0.25) is 9.36 Å². The lowest BCUT2D eigenvalue weighted by molar-refractivity contribution is -0.116. The molecule has 3 aromatic rings. The monoisotopic (exact) mass is 424 g/mol. The van der Waals surface area contributed by atoms with Gasteiger partial charge in [0.05, 0.1) is 12.0 Å². The van der Waals surface area contributed by atoms with Crippen LogP contribution < -0.4 is 4.90 Å². The Balaban J connectivity index is 1.56. The summed E-state index contributed by atoms with van der Waals surface area (Å²) in [4.78, 5) is 15.0. The highest BCUT2D eigenvalue weighted by Gasteiger charge is 2.26. The Morgan fingerprint density at radius 3 is 2.57 bits per heavy atom. The van der Waals surface area contributed by atoms with Crippen LogP contribution in [0.5, 0.6) is 0 Å². The number of rotatable bonds is 7. The minimum absolute atomic E-state index is 0.0685. The zero-order valence-electron chi connectivity index (χ0n) is 17.5. The van der Waals surface area contributed by atoms with E-state index in [0.717, 1.165) is 35.3 Å². The molecule has 1 fully saturated rings. The van der Waals surface area contributed by atoms with Crippen molar-refractivity contribution in [1.29, 1.82) is 0 Å². The van der Waals surface area contributed by atoms with E-state index in [4.69, 9.17) is 4.42 Å². The first-order valence-electron chi connectivity index (χ1n) is 10.6. The van der Waals surface area contributed by atoms with Gasteiger partial charge in [-0.25, -0.2) is 0 Å². The average Bonchev–Trinajstić information content (AvgIpc) is 3.43. The third kappa shape index (κ3) is 4.46. The highest BCUT2D eigenvalue weighted by Crippen LogP contribution is 2.36. The molecule has 2 aromatic heterocycles. The van der Waals surface area contributed by atoms with E-state index in [-0.39, 0.29) is 11.9 Å². The zero-order chi connectivity index (χ0) is 20.9. The molecule has 0 unspecified atom stereocenters. The fourth-order valence-electron chi connectivity index (χ4n) is 4.13. The molecule has 0 aliphatic heterocycles. The summed E-state index contributed by atoms with van der Waals surface area (Å²) in [5.41, 5.74) is 0.920. The Labute approximate surface area is 181 Å². The molecule has 0 N–H and O–H groups in total. The number of benzene rings is 1. The third-order valence-corrected chi connectivity index (χ3v) is 6.42. The Hall–Kier alpha value is -2.54. The van der Waals surface area contributed by atoms with Gasteiger partial charge in [0.2, 0.25) is 11.7 Å². The largest absolute Gasteiger partial charge is 0.461 e. The zero-order valence-corrected chi connectivity index (χ0v) is 18.3. The number of carbonyl (C=O) groups excluding carboxylic acids is 1. The Morgan fingerprint density at radius 2 is 1.90 bits per heavy atom. The van der Waals surface area contributed by atoms with E-state index in [0.29, 0.717) is 11.8 Å². The van der Waals surface area contributed by atoms with E-state index in [2.05, 4.69) is 14.8 Å². The van der Waals surface area contributed by atoms with Crippen molar-refractivity contribution in [2.75, 3.05) is 10.7 Å². The van der Waals surface area contributed by atoms with Crippen LogP contribution in [0.25, 0.3) is 11.6 Å². The lowest BCUT2D eigenvalue weighted by Gasteiger charge is -2.27. The van der Waals surface area contributed by atoms with Crippen molar-refractivity contribution in [3.8, 4) is 11.6 Å². The maximum Gasteiger partial charge on any atom is 0.237 e. The van der Waals surface area contributed by atoms with E-state index >= 15 is 0 Å². The summed E-state index contributed by atoms with van der Waals surface area (Å²) in [6.45, 7) is 4.07. The fraction of sp³-hybridized carbons (Fsp3) is 0.435. The van der Waals surface area contributed by atoms with Crippen molar-refractivity contribution in [3.05, 3.63) is 48.7 Å². The molecule has 0 atom stereocenters. The van der Waals surface area contributed by atoms with Crippen LogP contribution in [0.3, 0.4) is 0 Å². The Morgan fingerprint density at radius 1 is 1.13 bits per heavy atom. The number of nitrogens with zero attached hydrogens (tertiary/aromatic N) is 4. The number of aromatic nitrogens is 3. The summed E-state index contributed by atoms with van der Waals surface area (Å²) in [6, 6.07) is 14.0. The summed E-state index contributed by atoms with van der Waals surface area (Å²) in [5.74, 6) is 1.86. The molecule has 0 bridgehead atoms. The van der Waals surface area contributed by atoms with Gasteiger partial charge in [-0.2, -0.15) is 0 Å². The molecule has 2 heterocycles. The molecule has 1 saturated carbocycles. The van der Waals surface area contributed by atoms with E-state index in [1.54, 1.807) is 6.26 Å². The van der Waals surface area contributed by atoms with E-state index in [1.165, 1.54) is 31.0 Å². The van der Waals surface area contributed by atoms with Crippen molar-refractivity contribution in [2.45, 2.75) is 63.2 Å². The lowest BCUT2D eigenvalue weighted by Crippen LogP contribution is -2.38. The van der Waals surface area contributed by atoms with Gasteiger partial charge in [0, 0.05) is 17.8 Å². The van der Waals surface area contributed by atoms with Crippen LogP contribution in [0.4, 0.5) is 5.69 Å². The normalized spacial score (nSPS) is 14.9. The summed E-state index contributed by atoms with van der Waals surface area (Å²) < 4.78 is 7.80. The minimum atomic E-state index is 0.0685. The molecule has 158 valence electrons. The minimum Gasteiger partial charge on any atom is -0.461 e. The van der Waals surface area contributed by atoms with Crippen LogP contribution in [0.2, 0.25) is 0 Å². The highest BCUT2D eigenvalue weighted by atomic mass is 32.2. The fourth-order valence-corrected chi connectivity index (χ4v) is 5.00. The number of amides is 1. The van der Waals surface area contributed by atoms with Gasteiger partial charge >= 0.3 is 0 Å². The molecule has 6 nitrogen and oxygen atoms in total. The lowest BCUT2D eigenvalue weighted by atomic mass is 9.95. The van der Waals surface area contributed by atoms with Crippen molar-refractivity contribution in [1.82, 2.24) is 14.8 Å². The molecule has 1 aliphatic rings. The van der Waals surface area contributed by atoms with Crippen molar-refractivity contribution >= 4 is 23.4 Å². The molecule has 1 aliphatic carbocycles. The van der Waals surface area contributed by atoms with E-state index in [9.17, 15) is 4.79 Å². The van der Waals surface area contributed by atoms with Crippen LogP contribution in [-0.4, -0.2) is 32.5 Å². The molecular formula is C23H28N4O2S. The molecule has 30 heavy (non-hydrogen) atoms. The van der Waals surface area contributed by atoms with Crippen molar-refractivity contribution in [3.63, 3.8) is 0 Å². The van der Waals surface area contributed by atoms with Crippen molar-refractivity contribution < 1.29 is 9.21 Å². The first-order valence-corrected chi connectivity index (χ1v) is 11.6. The summed E-state index contributed by atoms with van der Waals surface area (Å²) in [6.07, 6.45) is 7.56. The predicted octanol–water partition coefficient (Wildman–Crippen LogP) is 5.58. The van der Waals surface area contributed by atoms with Gasteiger partial charge < -0.3 is 9.32 Å². The summed E-state index contributed by atoms with van der Waals surface area (Å²) in [5, 5.41) is 9.65. The van der Waals surface area contributed by atoms with Gasteiger partial charge in [0.25, 0.3) is 0 Å². The predicted molar refractivity (Wildman–Crippen MR) is 120 cm³/mol. The smallest absolute Gasteiger partial charge is 0.237 e. The molecule has 1 amide bonds. The number of para-hydroxylation sites is 1. The molecule has 0 spiro atoms. The maximum atomic E-state index is 13.1. The van der Waals surface area contributed by atoms with E-state index < -0.39 is 0 Å². The van der Waals surface area contributed by atoms with Gasteiger partial charge in [-0.1, -0.05) is 49.2 Å². The topological polar surface area (TPSA) is 64.2 Å². The number of anilines is 1. The second-order valence-corrected chi connectivity index (χ2v) is 8.87. The first-order chi connectivity index (χ1) is 14.6. The first kappa shape index (κ1) is 20.7. The standard InChI is InChI=1S/C23H28N4O2S/c1-17(2)26(18-10-5-3-6-11-18)21(28)16-30-23-25-24-22(20-14-9-15-29-20)27(23)19-12-7-4-8-13-19/h3,5-6,9-11,14-15,17,19H,4,7-8,12-13,16H2,1-2H3. The Bertz CT molecular complexity index is 947. The Kier molecular flexibility index (Phi) is 6.57. The maximum absolute atomic E-state index is 13.1. The van der Waals surface area contributed by atoms with Crippen LogP contribution >= 0.6 is 11.8 Å². The molecule has 0 radical (unpaired) electrons. The number of furan rings is 1. The van der Waals surface area contributed by atoms with Crippen molar-refractivity contribution in [2.24, 2.45) is 0 Å². The summed E-state index contributed by atoms with van der Waals surface area (Å²) in [7, 11) is 0. The second kappa shape index (κ2) is 9.51. The summed E-state index contributed by atoms with van der Waals surface area (Å²) >= 11 is 1.46. The molecular weight excluding hydrogens is 396 g/mol. The van der Waals surface area contributed by atoms with Crippen LogP contribution in [-0.2, 0) is 4.79 Å². The second-order valence-electron chi connectivity index (χ2n) is 7.93. The number of hydrogen-bond donors (Lipinski definition) is 0. The van der Waals surface area contributed by atoms with E-state index in [1.807, 2.05) is 61.2 Å². The van der Waals surface area contributed by atoms with Gasteiger partial charge in [-0.05, 0) is 51.0 Å². The number of thioether (sulfide) groups is 1. The molecule has 0 saturated heterocycles. The van der Waals surface area contributed by atoms with Crippen LogP contribution in [0, 0.1) is 0 Å². The van der Waals surface area contributed by atoms with Crippen LogP contribution in [0.1, 0.15) is 52.0 Å². The van der Waals surface area contributed by atoms with Gasteiger partial charge in [-0.15, -0.1) is 10.2 Å².